The normalized spacial score (nSPS) is 10.6. The van der Waals surface area contributed by atoms with Gasteiger partial charge in [0.1, 0.15) is 5.82 Å². The Morgan fingerprint density at radius 2 is 1.94 bits per heavy atom. The Kier molecular flexibility index (Phi) is 8.37. The first-order valence-corrected chi connectivity index (χ1v) is 11.5. The number of halogens is 1. The zero-order valence-corrected chi connectivity index (χ0v) is 19.4. The lowest BCUT2D eigenvalue weighted by Crippen LogP contribution is -2.25. The van der Waals surface area contributed by atoms with E-state index in [1.54, 1.807) is 10.6 Å². The number of carbonyl (C=O) groups is 2. The fourth-order valence-corrected chi connectivity index (χ4v) is 4.01. The summed E-state index contributed by atoms with van der Waals surface area (Å²) in [5.41, 5.74) is 3.30. The van der Waals surface area contributed by atoms with Crippen molar-refractivity contribution in [3.05, 3.63) is 83.5 Å². The van der Waals surface area contributed by atoms with E-state index in [-0.39, 0.29) is 24.1 Å². The summed E-state index contributed by atoms with van der Waals surface area (Å²) in [5.74, 6) is -0.198. The number of nitrogens with one attached hydrogen (secondary N) is 2. The molecule has 0 radical (unpaired) electrons. The van der Waals surface area contributed by atoms with Crippen molar-refractivity contribution in [3.8, 4) is 0 Å². The number of carbonyl (C=O) groups excluding carboxylic acids is 2. The molecule has 0 saturated heterocycles. The number of amides is 2. The third-order valence-corrected chi connectivity index (χ3v) is 5.92. The summed E-state index contributed by atoms with van der Waals surface area (Å²) in [5, 5.41) is 14.6. The average Bonchev–Trinajstić information content (AvgIpc) is 3.19. The van der Waals surface area contributed by atoms with Crippen molar-refractivity contribution in [2.24, 2.45) is 0 Å². The van der Waals surface area contributed by atoms with Gasteiger partial charge in [0, 0.05) is 17.8 Å². The lowest BCUT2D eigenvalue weighted by molar-refractivity contribution is -0.113. The molecule has 172 valence electrons. The summed E-state index contributed by atoms with van der Waals surface area (Å²) in [6, 6.07) is 11.2. The molecule has 33 heavy (non-hydrogen) atoms. The molecule has 1 aromatic heterocycles. The number of allylic oxidation sites excluding steroid dienone is 1. The van der Waals surface area contributed by atoms with Gasteiger partial charge in [-0.3, -0.25) is 9.59 Å². The summed E-state index contributed by atoms with van der Waals surface area (Å²) in [6.45, 7) is 8.34. The molecule has 3 rings (SSSR count). The van der Waals surface area contributed by atoms with Gasteiger partial charge in [-0.25, -0.2) is 4.39 Å². The summed E-state index contributed by atoms with van der Waals surface area (Å²) in [7, 11) is 0. The Morgan fingerprint density at radius 1 is 1.18 bits per heavy atom. The van der Waals surface area contributed by atoms with Gasteiger partial charge in [0.15, 0.2) is 11.0 Å². The van der Waals surface area contributed by atoms with E-state index in [4.69, 9.17) is 0 Å². The molecular formula is C24H26FN5O2S. The van der Waals surface area contributed by atoms with Crippen LogP contribution in [0.15, 0.2) is 60.3 Å². The average molecular weight is 468 g/mol. The molecule has 2 aromatic carbocycles. The number of para-hydroxylation sites is 1. The summed E-state index contributed by atoms with van der Waals surface area (Å²) in [4.78, 5) is 24.9. The quantitative estimate of drug-likeness (QED) is 0.346. The fraction of sp³-hybridized carbons (Fsp3) is 0.250. The molecule has 0 saturated carbocycles. The molecule has 2 N–H and O–H groups in total. The van der Waals surface area contributed by atoms with Crippen LogP contribution in [0.5, 0.6) is 0 Å². The topological polar surface area (TPSA) is 88.9 Å². The third-order valence-electron chi connectivity index (χ3n) is 4.96. The molecule has 0 bridgehead atoms. The first-order valence-electron chi connectivity index (χ1n) is 10.5. The van der Waals surface area contributed by atoms with Crippen molar-refractivity contribution < 1.29 is 14.0 Å². The fourth-order valence-electron chi connectivity index (χ4n) is 3.24. The monoisotopic (exact) mass is 467 g/mol. The Morgan fingerprint density at radius 3 is 2.64 bits per heavy atom. The second-order valence-electron chi connectivity index (χ2n) is 7.29. The van der Waals surface area contributed by atoms with Gasteiger partial charge in [0.05, 0.1) is 12.3 Å². The van der Waals surface area contributed by atoms with Crippen molar-refractivity contribution in [1.82, 2.24) is 20.1 Å². The van der Waals surface area contributed by atoms with Crippen LogP contribution in [0.2, 0.25) is 0 Å². The Hall–Kier alpha value is -3.46. The van der Waals surface area contributed by atoms with E-state index in [9.17, 15) is 14.0 Å². The number of thioether (sulfide) groups is 1. The van der Waals surface area contributed by atoms with Crippen molar-refractivity contribution in [1.29, 1.82) is 0 Å². The SMILES string of the molecule is C=CCn1c(CNC(=O)c2ccc(F)cc2)nnc1SCC(=O)Nc1c(C)cccc1CC. The molecule has 7 nitrogen and oxygen atoms in total. The minimum Gasteiger partial charge on any atom is -0.345 e. The number of aryl methyl sites for hydroxylation is 2. The van der Waals surface area contributed by atoms with Gasteiger partial charge in [0.25, 0.3) is 5.91 Å². The first-order chi connectivity index (χ1) is 15.9. The maximum atomic E-state index is 13.1. The third kappa shape index (κ3) is 6.29. The molecule has 2 amide bonds. The molecule has 0 aliphatic heterocycles. The lowest BCUT2D eigenvalue weighted by atomic mass is 10.1. The molecule has 0 spiro atoms. The maximum absolute atomic E-state index is 13.1. The second kappa shape index (κ2) is 11.4. The van der Waals surface area contributed by atoms with Crippen molar-refractivity contribution in [3.63, 3.8) is 0 Å². The van der Waals surface area contributed by atoms with E-state index in [2.05, 4.69) is 27.4 Å². The maximum Gasteiger partial charge on any atom is 0.251 e. The van der Waals surface area contributed by atoms with Crippen LogP contribution in [-0.4, -0.2) is 32.3 Å². The standard InChI is InChI=1S/C24H26FN5O2S/c1-4-13-30-20(14-26-23(32)18-9-11-19(25)12-10-18)28-29-24(30)33-15-21(31)27-22-16(3)7-6-8-17(22)5-2/h4,6-12H,1,5,13-15H2,2-3H3,(H,26,32)(H,27,31). The van der Waals surface area contributed by atoms with Crippen LogP contribution in [0.3, 0.4) is 0 Å². The molecule has 0 unspecified atom stereocenters. The smallest absolute Gasteiger partial charge is 0.251 e. The summed E-state index contributed by atoms with van der Waals surface area (Å²) in [6.07, 6.45) is 2.52. The molecule has 0 atom stereocenters. The lowest BCUT2D eigenvalue weighted by Gasteiger charge is -2.13. The molecule has 1 heterocycles. The predicted molar refractivity (Wildman–Crippen MR) is 128 cm³/mol. The van der Waals surface area contributed by atoms with Crippen molar-refractivity contribution >= 4 is 29.3 Å². The largest absolute Gasteiger partial charge is 0.345 e. The Bertz CT molecular complexity index is 1140. The number of anilines is 1. The molecular weight excluding hydrogens is 441 g/mol. The predicted octanol–water partition coefficient (Wildman–Crippen LogP) is 4.13. The number of hydrogen-bond acceptors (Lipinski definition) is 5. The van der Waals surface area contributed by atoms with Gasteiger partial charge >= 0.3 is 0 Å². The molecule has 0 aliphatic rings. The van der Waals surface area contributed by atoms with Crippen LogP contribution in [0.1, 0.15) is 34.2 Å². The minimum atomic E-state index is -0.406. The van der Waals surface area contributed by atoms with E-state index >= 15 is 0 Å². The van der Waals surface area contributed by atoms with E-state index < -0.39 is 5.82 Å². The highest BCUT2D eigenvalue weighted by atomic mass is 32.2. The Labute approximate surface area is 196 Å². The molecule has 9 heteroatoms. The highest BCUT2D eigenvalue weighted by molar-refractivity contribution is 7.99. The van der Waals surface area contributed by atoms with Gasteiger partial charge in [0.2, 0.25) is 5.91 Å². The van der Waals surface area contributed by atoms with Crippen LogP contribution in [-0.2, 0) is 24.3 Å². The van der Waals surface area contributed by atoms with Crippen LogP contribution in [0.25, 0.3) is 0 Å². The number of hydrogen-bond donors (Lipinski definition) is 2. The van der Waals surface area contributed by atoms with Crippen molar-refractivity contribution in [2.75, 3.05) is 11.1 Å². The zero-order valence-electron chi connectivity index (χ0n) is 18.6. The van der Waals surface area contributed by atoms with Crippen LogP contribution in [0.4, 0.5) is 10.1 Å². The summed E-state index contributed by atoms with van der Waals surface area (Å²) >= 11 is 1.26. The zero-order chi connectivity index (χ0) is 23.8. The Balaban J connectivity index is 1.63. The minimum absolute atomic E-state index is 0.132. The van der Waals surface area contributed by atoms with E-state index in [0.29, 0.717) is 23.1 Å². The first kappa shape index (κ1) is 24.2. The van der Waals surface area contributed by atoms with E-state index in [0.717, 1.165) is 23.2 Å². The molecule has 3 aromatic rings. The highest BCUT2D eigenvalue weighted by Crippen LogP contribution is 2.23. The van der Waals surface area contributed by atoms with Gasteiger partial charge in [-0.05, 0) is 48.7 Å². The summed E-state index contributed by atoms with van der Waals surface area (Å²) < 4.78 is 14.8. The number of rotatable bonds is 10. The van der Waals surface area contributed by atoms with Gasteiger partial charge in [-0.1, -0.05) is 43.0 Å². The van der Waals surface area contributed by atoms with E-state index in [1.165, 1.54) is 36.0 Å². The number of benzene rings is 2. The van der Waals surface area contributed by atoms with Gasteiger partial charge in [-0.15, -0.1) is 16.8 Å². The number of aromatic nitrogens is 3. The number of nitrogens with zero attached hydrogens (tertiary/aromatic N) is 3. The van der Waals surface area contributed by atoms with Crippen LogP contribution < -0.4 is 10.6 Å². The van der Waals surface area contributed by atoms with Crippen molar-refractivity contribution in [2.45, 2.75) is 38.5 Å². The van der Waals surface area contributed by atoms with Crippen LogP contribution >= 0.6 is 11.8 Å². The van der Waals surface area contributed by atoms with Gasteiger partial charge in [-0.2, -0.15) is 0 Å². The molecule has 0 fully saturated rings. The second-order valence-corrected chi connectivity index (χ2v) is 8.23. The molecule has 0 aliphatic carbocycles. The highest BCUT2D eigenvalue weighted by Gasteiger charge is 2.16. The van der Waals surface area contributed by atoms with E-state index in [1.807, 2.05) is 32.0 Å². The van der Waals surface area contributed by atoms with Gasteiger partial charge < -0.3 is 15.2 Å². The van der Waals surface area contributed by atoms with Crippen LogP contribution in [0, 0.1) is 12.7 Å².